The topological polar surface area (TPSA) is 131 Å². The van der Waals surface area contributed by atoms with Crippen LogP contribution in [0.5, 0.6) is 5.75 Å². The molecule has 23 heavy (non-hydrogen) atoms. The van der Waals surface area contributed by atoms with Crippen molar-refractivity contribution < 1.29 is 24.4 Å². The van der Waals surface area contributed by atoms with Gasteiger partial charge >= 0.3 is 11.9 Å². The first kappa shape index (κ1) is 15.7. The highest BCUT2D eigenvalue weighted by atomic mass is 16.6. The maximum Gasteiger partial charge on any atom is 0.343 e. The standard InChI is InChI=1S/C15H8N2O6/c16-8-9-1-6-12(14(18)19)13(7-9)23-15(20)10-2-4-11(5-3-10)17(21)22/h1-7H,(H,18,19). The van der Waals surface area contributed by atoms with Crippen LogP contribution in [0.15, 0.2) is 42.5 Å². The van der Waals surface area contributed by atoms with Crippen molar-refractivity contribution >= 4 is 17.6 Å². The molecule has 0 bridgehead atoms. The zero-order chi connectivity index (χ0) is 17.0. The number of non-ortho nitro benzene ring substituents is 1. The number of nitriles is 1. The average Bonchev–Trinajstić information content (AvgIpc) is 2.54. The largest absolute Gasteiger partial charge is 0.478 e. The molecular weight excluding hydrogens is 304 g/mol. The molecule has 0 fully saturated rings. The summed E-state index contributed by atoms with van der Waals surface area (Å²) in [7, 11) is 0. The van der Waals surface area contributed by atoms with Gasteiger partial charge in [-0.05, 0) is 30.3 Å². The van der Waals surface area contributed by atoms with Crippen molar-refractivity contribution in [3.63, 3.8) is 0 Å². The minimum Gasteiger partial charge on any atom is -0.478 e. The normalized spacial score (nSPS) is 9.70. The Balaban J connectivity index is 2.31. The van der Waals surface area contributed by atoms with Crippen molar-refractivity contribution in [3.05, 3.63) is 69.3 Å². The molecule has 0 saturated carbocycles. The summed E-state index contributed by atoms with van der Waals surface area (Å²) < 4.78 is 4.99. The van der Waals surface area contributed by atoms with Gasteiger partial charge in [0.2, 0.25) is 0 Å². The number of ether oxygens (including phenoxy) is 1. The summed E-state index contributed by atoms with van der Waals surface area (Å²) in [5.41, 5.74) is -0.339. The van der Waals surface area contributed by atoms with Gasteiger partial charge in [0.05, 0.1) is 22.1 Å². The molecule has 8 nitrogen and oxygen atoms in total. The van der Waals surface area contributed by atoms with Crippen LogP contribution in [0.2, 0.25) is 0 Å². The van der Waals surface area contributed by atoms with E-state index in [1.165, 1.54) is 18.2 Å². The van der Waals surface area contributed by atoms with Gasteiger partial charge in [-0.25, -0.2) is 9.59 Å². The molecular formula is C15H8N2O6. The SMILES string of the molecule is N#Cc1ccc(C(=O)O)c(OC(=O)c2ccc([N+](=O)[O-])cc2)c1. The van der Waals surface area contributed by atoms with E-state index in [9.17, 15) is 19.7 Å². The van der Waals surface area contributed by atoms with E-state index in [0.29, 0.717) is 0 Å². The van der Waals surface area contributed by atoms with E-state index in [1.807, 2.05) is 6.07 Å². The number of hydrogen-bond donors (Lipinski definition) is 1. The highest BCUT2D eigenvalue weighted by molar-refractivity contribution is 5.95. The first-order valence-corrected chi connectivity index (χ1v) is 6.16. The summed E-state index contributed by atoms with van der Waals surface area (Å²) in [5, 5.41) is 28.4. The van der Waals surface area contributed by atoms with Crippen LogP contribution < -0.4 is 4.74 Å². The van der Waals surface area contributed by atoms with Crippen molar-refractivity contribution in [2.75, 3.05) is 0 Å². The molecule has 0 atom stereocenters. The lowest BCUT2D eigenvalue weighted by Crippen LogP contribution is -2.11. The van der Waals surface area contributed by atoms with Gasteiger partial charge in [0.1, 0.15) is 11.3 Å². The number of carbonyl (C=O) groups is 2. The number of aromatic carboxylic acids is 1. The first-order valence-electron chi connectivity index (χ1n) is 6.16. The molecule has 0 radical (unpaired) electrons. The predicted octanol–water partition coefficient (Wildman–Crippen LogP) is 2.38. The van der Waals surface area contributed by atoms with Gasteiger partial charge in [-0.1, -0.05) is 0 Å². The van der Waals surface area contributed by atoms with E-state index in [2.05, 4.69) is 0 Å². The summed E-state index contributed by atoms with van der Waals surface area (Å²) in [5.74, 6) is -2.49. The number of hydrogen-bond acceptors (Lipinski definition) is 6. The van der Waals surface area contributed by atoms with Gasteiger partial charge in [0.25, 0.3) is 5.69 Å². The molecule has 0 aromatic heterocycles. The molecule has 0 aliphatic heterocycles. The zero-order valence-corrected chi connectivity index (χ0v) is 11.4. The molecule has 8 heteroatoms. The van der Waals surface area contributed by atoms with Gasteiger partial charge in [0, 0.05) is 12.1 Å². The van der Waals surface area contributed by atoms with Crippen LogP contribution in [-0.4, -0.2) is 22.0 Å². The van der Waals surface area contributed by atoms with Crippen LogP contribution in [0.25, 0.3) is 0 Å². The molecule has 2 aromatic carbocycles. The molecule has 2 rings (SSSR count). The quantitative estimate of drug-likeness (QED) is 0.397. The third-order valence-electron chi connectivity index (χ3n) is 2.86. The Hall–Kier alpha value is -3.73. The monoisotopic (exact) mass is 312 g/mol. The molecule has 0 aliphatic rings. The molecule has 2 aromatic rings. The van der Waals surface area contributed by atoms with Crippen molar-refractivity contribution in [1.29, 1.82) is 5.26 Å². The van der Waals surface area contributed by atoms with Crippen molar-refractivity contribution in [1.82, 2.24) is 0 Å². The van der Waals surface area contributed by atoms with Crippen LogP contribution in [0.3, 0.4) is 0 Å². The summed E-state index contributed by atoms with van der Waals surface area (Å²) in [6.45, 7) is 0. The van der Waals surface area contributed by atoms with Crippen LogP contribution in [0, 0.1) is 21.4 Å². The number of carbonyl (C=O) groups excluding carboxylic acids is 1. The third-order valence-corrected chi connectivity index (χ3v) is 2.86. The van der Waals surface area contributed by atoms with Crippen molar-refractivity contribution in [2.45, 2.75) is 0 Å². The Kier molecular flexibility index (Phi) is 4.33. The predicted molar refractivity (Wildman–Crippen MR) is 76.2 cm³/mol. The zero-order valence-electron chi connectivity index (χ0n) is 11.4. The highest BCUT2D eigenvalue weighted by Gasteiger charge is 2.17. The summed E-state index contributed by atoms with van der Waals surface area (Å²) >= 11 is 0. The average molecular weight is 312 g/mol. The van der Waals surface area contributed by atoms with Gasteiger partial charge in [-0.2, -0.15) is 5.26 Å². The number of nitro groups is 1. The smallest absolute Gasteiger partial charge is 0.343 e. The summed E-state index contributed by atoms with van der Waals surface area (Å²) in [6, 6.07) is 10.0. The van der Waals surface area contributed by atoms with Crippen molar-refractivity contribution in [3.8, 4) is 11.8 Å². The Morgan fingerprint density at radius 1 is 1.17 bits per heavy atom. The molecule has 0 heterocycles. The Bertz CT molecular complexity index is 836. The number of nitrogens with zero attached hydrogens (tertiary/aromatic N) is 2. The number of carboxylic acid groups (broad SMARTS) is 1. The van der Waals surface area contributed by atoms with Crippen LogP contribution in [0.1, 0.15) is 26.3 Å². The van der Waals surface area contributed by atoms with E-state index in [4.69, 9.17) is 15.1 Å². The second kappa shape index (κ2) is 6.36. The second-order valence-corrected chi connectivity index (χ2v) is 4.32. The molecule has 0 aliphatic carbocycles. The van der Waals surface area contributed by atoms with Gasteiger partial charge < -0.3 is 9.84 Å². The van der Waals surface area contributed by atoms with Gasteiger partial charge in [0.15, 0.2) is 0 Å². The van der Waals surface area contributed by atoms with E-state index < -0.39 is 16.9 Å². The lowest BCUT2D eigenvalue weighted by atomic mass is 10.1. The van der Waals surface area contributed by atoms with Crippen LogP contribution >= 0.6 is 0 Å². The number of rotatable bonds is 4. The first-order chi connectivity index (χ1) is 10.9. The fraction of sp³-hybridized carbons (Fsp3) is 0. The Morgan fingerprint density at radius 2 is 1.83 bits per heavy atom. The van der Waals surface area contributed by atoms with E-state index in [-0.39, 0.29) is 28.1 Å². The van der Waals surface area contributed by atoms with Crippen LogP contribution in [0.4, 0.5) is 5.69 Å². The van der Waals surface area contributed by atoms with Crippen molar-refractivity contribution in [2.24, 2.45) is 0 Å². The van der Waals surface area contributed by atoms with Gasteiger partial charge in [-0.15, -0.1) is 0 Å². The Morgan fingerprint density at radius 3 is 2.35 bits per heavy atom. The number of benzene rings is 2. The summed E-state index contributed by atoms with van der Waals surface area (Å²) in [6.07, 6.45) is 0. The number of nitro benzene ring substituents is 1. The maximum absolute atomic E-state index is 12.0. The molecule has 1 N–H and O–H groups in total. The molecule has 0 unspecified atom stereocenters. The lowest BCUT2D eigenvalue weighted by molar-refractivity contribution is -0.384. The highest BCUT2D eigenvalue weighted by Crippen LogP contribution is 2.22. The van der Waals surface area contributed by atoms with E-state index in [1.54, 1.807) is 0 Å². The fourth-order valence-electron chi connectivity index (χ4n) is 1.73. The molecule has 0 spiro atoms. The minimum atomic E-state index is -1.32. The van der Waals surface area contributed by atoms with Crippen LogP contribution in [-0.2, 0) is 0 Å². The number of carboxylic acids is 1. The summed E-state index contributed by atoms with van der Waals surface area (Å²) in [4.78, 5) is 33.1. The van der Waals surface area contributed by atoms with E-state index >= 15 is 0 Å². The van der Waals surface area contributed by atoms with Gasteiger partial charge in [-0.3, -0.25) is 10.1 Å². The Labute approximate surface area is 129 Å². The maximum atomic E-state index is 12.0. The fourth-order valence-corrected chi connectivity index (χ4v) is 1.73. The third kappa shape index (κ3) is 3.48. The molecule has 0 saturated heterocycles. The second-order valence-electron chi connectivity index (χ2n) is 4.32. The lowest BCUT2D eigenvalue weighted by Gasteiger charge is -2.07. The minimum absolute atomic E-state index is 0.00861. The number of esters is 1. The molecule has 114 valence electrons. The molecule has 0 amide bonds. The van der Waals surface area contributed by atoms with E-state index in [0.717, 1.165) is 24.3 Å².